The number of halogens is 2. The van der Waals surface area contributed by atoms with E-state index in [-0.39, 0.29) is 16.6 Å². The van der Waals surface area contributed by atoms with Crippen LogP contribution >= 0.6 is 11.6 Å². The first-order valence-corrected chi connectivity index (χ1v) is 6.12. The van der Waals surface area contributed by atoms with Gasteiger partial charge < -0.3 is 5.32 Å². The molecule has 98 valence electrons. The second-order valence-corrected chi connectivity index (χ2v) is 4.49. The minimum absolute atomic E-state index is 0.0934. The van der Waals surface area contributed by atoms with Crippen LogP contribution < -0.4 is 5.32 Å². The Bertz CT molecular complexity index is 569. The van der Waals surface area contributed by atoms with Crippen LogP contribution in [0.15, 0.2) is 42.7 Å². The van der Waals surface area contributed by atoms with Gasteiger partial charge in [-0.1, -0.05) is 23.7 Å². The summed E-state index contributed by atoms with van der Waals surface area (Å²) in [5, 5.41) is 2.78. The van der Waals surface area contributed by atoms with E-state index >= 15 is 0 Å². The molecule has 0 aliphatic heterocycles. The van der Waals surface area contributed by atoms with E-state index in [1.807, 2.05) is 6.07 Å². The first kappa shape index (κ1) is 13.5. The van der Waals surface area contributed by atoms with E-state index in [2.05, 4.69) is 10.3 Å². The van der Waals surface area contributed by atoms with E-state index in [0.29, 0.717) is 0 Å². The van der Waals surface area contributed by atoms with Gasteiger partial charge in [-0.2, -0.15) is 0 Å². The Morgan fingerprint density at radius 2 is 2.16 bits per heavy atom. The normalized spacial score (nSPS) is 11.9. The van der Waals surface area contributed by atoms with E-state index < -0.39 is 11.7 Å². The molecule has 0 fully saturated rings. The number of benzene rings is 1. The van der Waals surface area contributed by atoms with Crippen LogP contribution in [0.25, 0.3) is 0 Å². The zero-order valence-electron chi connectivity index (χ0n) is 10.2. The van der Waals surface area contributed by atoms with Gasteiger partial charge in [0.1, 0.15) is 5.82 Å². The molecule has 1 N–H and O–H groups in total. The van der Waals surface area contributed by atoms with Crippen LogP contribution in [0, 0.1) is 5.82 Å². The van der Waals surface area contributed by atoms with Crippen molar-refractivity contribution in [2.45, 2.75) is 13.0 Å². The number of hydrogen-bond acceptors (Lipinski definition) is 2. The largest absolute Gasteiger partial charge is 0.345 e. The van der Waals surface area contributed by atoms with Crippen molar-refractivity contribution in [1.82, 2.24) is 10.3 Å². The smallest absolute Gasteiger partial charge is 0.256 e. The van der Waals surface area contributed by atoms with E-state index in [1.165, 1.54) is 18.2 Å². The third-order valence-corrected chi connectivity index (χ3v) is 3.04. The highest BCUT2D eigenvalue weighted by molar-refractivity contribution is 6.33. The SMILES string of the molecule is CC(NC(=O)c1c(F)cccc1Cl)c1cccnc1. The van der Waals surface area contributed by atoms with Crippen molar-refractivity contribution in [2.24, 2.45) is 0 Å². The molecule has 0 radical (unpaired) electrons. The minimum Gasteiger partial charge on any atom is -0.345 e. The van der Waals surface area contributed by atoms with Gasteiger partial charge in [-0.05, 0) is 30.7 Å². The minimum atomic E-state index is -0.636. The average molecular weight is 279 g/mol. The van der Waals surface area contributed by atoms with Crippen molar-refractivity contribution in [3.05, 3.63) is 64.7 Å². The number of carbonyl (C=O) groups excluding carboxylic acids is 1. The highest BCUT2D eigenvalue weighted by Crippen LogP contribution is 2.20. The molecule has 2 aromatic rings. The van der Waals surface area contributed by atoms with Gasteiger partial charge >= 0.3 is 0 Å². The first-order chi connectivity index (χ1) is 9.09. The fourth-order valence-electron chi connectivity index (χ4n) is 1.70. The zero-order chi connectivity index (χ0) is 13.8. The predicted octanol–water partition coefficient (Wildman–Crippen LogP) is 3.37. The summed E-state index contributed by atoms with van der Waals surface area (Å²) in [4.78, 5) is 16.0. The molecule has 1 atom stereocenters. The van der Waals surface area contributed by atoms with E-state index in [1.54, 1.807) is 25.4 Å². The molecule has 0 saturated heterocycles. The number of hydrogen-bond donors (Lipinski definition) is 1. The number of amides is 1. The lowest BCUT2D eigenvalue weighted by atomic mass is 10.1. The summed E-state index contributed by atoms with van der Waals surface area (Å²) in [6, 6.07) is 7.47. The van der Waals surface area contributed by atoms with Gasteiger partial charge in [0.05, 0.1) is 16.6 Å². The highest BCUT2D eigenvalue weighted by atomic mass is 35.5. The number of aromatic nitrogens is 1. The Morgan fingerprint density at radius 1 is 1.37 bits per heavy atom. The fraction of sp³-hybridized carbons (Fsp3) is 0.143. The van der Waals surface area contributed by atoms with Gasteiger partial charge in [-0.3, -0.25) is 9.78 Å². The van der Waals surface area contributed by atoms with E-state index in [9.17, 15) is 9.18 Å². The Labute approximate surface area is 115 Å². The molecular weight excluding hydrogens is 267 g/mol. The summed E-state index contributed by atoms with van der Waals surface area (Å²) < 4.78 is 13.6. The number of carbonyl (C=O) groups is 1. The van der Waals surface area contributed by atoms with Crippen molar-refractivity contribution in [3.63, 3.8) is 0 Å². The number of nitrogens with one attached hydrogen (secondary N) is 1. The first-order valence-electron chi connectivity index (χ1n) is 5.74. The van der Waals surface area contributed by atoms with Crippen molar-refractivity contribution < 1.29 is 9.18 Å². The molecule has 1 amide bonds. The third kappa shape index (κ3) is 3.09. The van der Waals surface area contributed by atoms with Crippen LogP contribution in [0.4, 0.5) is 4.39 Å². The summed E-state index contributed by atoms with van der Waals surface area (Å²) in [7, 11) is 0. The van der Waals surface area contributed by atoms with Gasteiger partial charge in [0.2, 0.25) is 0 Å². The van der Waals surface area contributed by atoms with Crippen molar-refractivity contribution in [1.29, 1.82) is 0 Å². The number of rotatable bonds is 3. The summed E-state index contributed by atoms with van der Waals surface area (Å²) >= 11 is 5.84. The lowest BCUT2D eigenvalue weighted by Gasteiger charge is -2.14. The molecule has 19 heavy (non-hydrogen) atoms. The van der Waals surface area contributed by atoms with Crippen LogP contribution in [0.1, 0.15) is 28.9 Å². The summed E-state index contributed by atoms with van der Waals surface area (Å²) in [5.74, 6) is -1.18. The molecule has 1 unspecified atom stereocenters. The molecule has 0 spiro atoms. The molecule has 1 aromatic heterocycles. The Hall–Kier alpha value is -1.94. The highest BCUT2D eigenvalue weighted by Gasteiger charge is 2.18. The van der Waals surface area contributed by atoms with Crippen LogP contribution in [-0.2, 0) is 0 Å². The Morgan fingerprint density at radius 3 is 2.79 bits per heavy atom. The quantitative estimate of drug-likeness (QED) is 0.935. The lowest BCUT2D eigenvalue weighted by Crippen LogP contribution is -2.27. The predicted molar refractivity (Wildman–Crippen MR) is 71.5 cm³/mol. The standard InChI is InChI=1S/C14H12ClFN2O/c1-9(10-4-3-7-17-8-10)18-14(19)13-11(15)5-2-6-12(13)16/h2-9H,1H3,(H,18,19). The van der Waals surface area contributed by atoms with Gasteiger partial charge in [0, 0.05) is 12.4 Å². The summed E-state index contributed by atoms with van der Waals surface area (Å²) in [5.41, 5.74) is 0.697. The maximum Gasteiger partial charge on any atom is 0.256 e. The van der Waals surface area contributed by atoms with E-state index in [0.717, 1.165) is 5.56 Å². The van der Waals surface area contributed by atoms with Gasteiger partial charge in [-0.25, -0.2) is 4.39 Å². The van der Waals surface area contributed by atoms with Crippen LogP contribution in [0.3, 0.4) is 0 Å². The lowest BCUT2D eigenvalue weighted by molar-refractivity contribution is 0.0936. The van der Waals surface area contributed by atoms with Crippen LogP contribution in [-0.4, -0.2) is 10.9 Å². The number of pyridine rings is 1. The molecule has 1 heterocycles. The zero-order valence-corrected chi connectivity index (χ0v) is 11.0. The Kier molecular flexibility index (Phi) is 4.12. The molecule has 2 rings (SSSR count). The maximum atomic E-state index is 13.6. The molecule has 0 aliphatic rings. The summed E-state index contributed by atoms with van der Waals surface area (Å²) in [6.07, 6.45) is 3.29. The van der Waals surface area contributed by atoms with Gasteiger partial charge in [0.15, 0.2) is 0 Å². The van der Waals surface area contributed by atoms with Gasteiger partial charge in [0.25, 0.3) is 5.91 Å². The van der Waals surface area contributed by atoms with Crippen molar-refractivity contribution in [3.8, 4) is 0 Å². The van der Waals surface area contributed by atoms with Crippen molar-refractivity contribution >= 4 is 17.5 Å². The van der Waals surface area contributed by atoms with Crippen LogP contribution in [0.2, 0.25) is 5.02 Å². The molecule has 1 aromatic carbocycles. The second-order valence-electron chi connectivity index (χ2n) is 4.08. The summed E-state index contributed by atoms with van der Waals surface area (Å²) in [6.45, 7) is 1.80. The topological polar surface area (TPSA) is 42.0 Å². The third-order valence-electron chi connectivity index (χ3n) is 2.72. The molecule has 0 saturated carbocycles. The fourth-order valence-corrected chi connectivity index (χ4v) is 1.95. The molecular formula is C14H12ClFN2O. The van der Waals surface area contributed by atoms with Crippen LogP contribution in [0.5, 0.6) is 0 Å². The second kappa shape index (κ2) is 5.80. The monoisotopic (exact) mass is 278 g/mol. The molecule has 0 aliphatic carbocycles. The molecule has 5 heteroatoms. The maximum absolute atomic E-state index is 13.6. The molecule has 3 nitrogen and oxygen atoms in total. The Balaban J connectivity index is 2.18. The van der Waals surface area contributed by atoms with E-state index in [4.69, 9.17) is 11.6 Å². The number of nitrogens with zero attached hydrogens (tertiary/aromatic N) is 1. The van der Waals surface area contributed by atoms with Gasteiger partial charge in [-0.15, -0.1) is 0 Å². The van der Waals surface area contributed by atoms with Crippen molar-refractivity contribution in [2.75, 3.05) is 0 Å². The average Bonchev–Trinajstić information content (AvgIpc) is 2.39. The molecule has 0 bridgehead atoms.